The van der Waals surface area contributed by atoms with Crippen LogP contribution in [-0.4, -0.2) is 116 Å². The first-order valence-electron chi connectivity index (χ1n) is 18.9. The molecule has 8 rings (SSSR count). The molecule has 3 amide bonds. The van der Waals surface area contributed by atoms with Gasteiger partial charge < -0.3 is 39.7 Å². The van der Waals surface area contributed by atoms with Gasteiger partial charge in [-0.2, -0.15) is 0 Å². The highest BCUT2D eigenvalue weighted by Gasteiger charge is 2.32. The largest absolute Gasteiger partial charge is 0.482 e. The number of aliphatic carboxylic acids is 1. The Labute approximate surface area is 339 Å². The van der Waals surface area contributed by atoms with E-state index in [1.165, 1.54) is 0 Å². The fourth-order valence-electron chi connectivity index (χ4n) is 8.21. The monoisotopic (exact) mass is 813 g/mol. The zero-order valence-corrected chi connectivity index (χ0v) is 32.5. The van der Waals surface area contributed by atoms with Crippen LogP contribution in [0.25, 0.3) is 33.4 Å². The Morgan fingerprint density at radius 3 is 1.65 bits per heavy atom. The van der Waals surface area contributed by atoms with Crippen molar-refractivity contribution in [3.05, 3.63) is 82.8 Å². The molecule has 0 bridgehead atoms. The van der Waals surface area contributed by atoms with Gasteiger partial charge in [0.1, 0.15) is 11.5 Å². The number of ether oxygens (including phenoxy) is 2. The van der Waals surface area contributed by atoms with E-state index in [2.05, 4.69) is 15.1 Å². The molecule has 2 saturated heterocycles. The Balaban J connectivity index is 1.00. The number of carbonyl (C=O) groups is 4. The summed E-state index contributed by atoms with van der Waals surface area (Å²) >= 11 is 14.3. The van der Waals surface area contributed by atoms with Crippen LogP contribution in [0.1, 0.15) is 12.8 Å². The Morgan fingerprint density at radius 1 is 0.667 bits per heavy atom. The van der Waals surface area contributed by atoms with E-state index in [1.54, 1.807) is 9.80 Å². The number of nitrogens with one attached hydrogen (secondary N) is 1. The number of hydrogen-bond acceptors (Lipinski definition) is 8. The summed E-state index contributed by atoms with van der Waals surface area (Å²) in [5.74, 6) is -0.332. The van der Waals surface area contributed by atoms with Crippen molar-refractivity contribution in [2.45, 2.75) is 18.9 Å². The van der Waals surface area contributed by atoms with Gasteiger partial charge in [0.2, 0.25) is 0 Å². The van der Waals surface area contributed by atoms with Crippen molar-refractivity contribution in [3.8, 4) is 44.9 Å². The van der Waals surface area contributed by atoms with Gasteiger partial charge in [-0.3, -0.25) is 19.3 Å². The molecular weight excluding hydrogens is 773 g/mol. The topological polar surface area (TPSA) is 152 Å². The lowest BCUT2D eigenvalue weighted by Gasteiger charge is -2.31. The lowest BCUT2D eigenvalue weighted by Crippen LogP contribution is -2.43. The Kier molecular flexibility index (Phi) is 11.0. The molecule has 2 fully saturated rings. The minimum Gasteiger partial charge on any atom is -0.482 e. The molecule has 3 N–H and O–H groups in total. The number of halogens is 2. The lowest BCUT2D eigenvalue weighted by atomic mass is 9.95. The maximum Gasteiger partial charge on any atom is 0.404 e. The molecule has 4 aromatic carbocycles. The molecule has 4 aromatic rings. The summed E-state index contributed by atoms with van der Waals surface area (Å²) in [7, 11) is 0. The number of likely N-dealkylation sites (tertiary alicyclic amines) is 2. The van der Waals surface area contributed by atoms with Gasteiger partial charge in [0, 0.05) is 74.1 Å². The van der Waals surface area contributed by atoms with E-state index in [4.69, 9.17) is 37.8 Å². The zero-order chi connectivity index (χ0) is 39.8. The molecule has 57 heavy (non-hydrogen) atoms. The average Bonchev–Trinajstić information content (AvgIpc) is 3.87. The van der Waals surface area contributed by atoms with Crippen molar-refractivity contribution in [3.63, 3.8) is 0 Å². The zero-order valence-electron chi connectivity index (χ0n) is 31.0. The molecule has 296 valence electrons. The van der Waals surface area contributed by atoms with E-state index < -0.39 is 12.1 Å². The molecule has 4 heterocycles. The second-order valence-corrected chi connectivity index (χ2v) is 15.5. The van der Waals surface area contributed by atoms with Gasteiger partial charge in [0.05, 0.1) is 27.3 Å². The number of anilines is 2. The van der Waals surface area contributed by atoms with Crippen LogP contribution in [0, 0.1) is 5.92 Å². The van der Waals surface area contributed by atoms with Crippen molar-refractivity contribution in [1.82, 2.24) is 15.1 Å². The van der Waals surface area contributed by atoms with E-state index >= 15 is 0 Å². The Morgan fingerprint density at radius 2 is 1.16 bits per heavy atom. The minimum absolute atomic E-state index is 0.0918. The number of nitrogens with zero attached hydrogens (tertiary/aromatic N) is 4. The summed E-state index contributed by atoms with van der Waals surface area (Å²) in [4.78, 5) is 56.0. The highest BCUT2D eigenvalue weighted by atomic mass is 35.5. The van der Waals surface area contributed by atoms with Crippen LogP contribution in [0.5, 0.6) is 11.5 Å². The molecule has 4 aliphatic rings. The fraction of sp³-hybridized carbons (Fsp3) is 0.333. The highest BCUT2D eigenvalue weighted by Crippen LogP contribution is 2.45. The first-order valence-corrected chi connectivity index (χ1v) is 19.7. The Hall–Kier alpha value is -5.34. The number of fused-ring (bicyclic) bond motifs is 2. The molecule has 13 nitrogen and oxygen atoms in total. The summed E-state index contributed by atoms with van der Waals surface area (Å²) in [5, 5.41) is 22.0. The quantitative estimate of drug-likeness (QED) is 0.160. The molecule has 2 atom stereocenters. The minimum atomic E-state index is -1.03. The number of carboxylic acids is 1. The first-order chi connectivity index (χ1) is 27.5. The van der Waals surface area contributed by atoms with Gasteiger partial charge in [0.25, 0.3) is 11.8 Å². The van der Waals surface area contributed by atoms with E-state index in [9.17, 15) is 24.3 Å². The molecule has 0 aliphatic carbocycles. The second-order valence-electron chi connectivity index (χ2n) is 14.7. The van der Waals surface area contributed by atoms with E-state index in [0.717, 1.165) is 46.3 Å². The maximum atomic E-state index is 13.0. The summed E-state index contributed by atoms with van der Waals surface area (Å²) < 4.78 is 11.8. The number of carbonyl (C=O) groups excluding carboxylic acids is 2. The SMILES string of the molecule is O=C(O)NC1CCN(CCN2C(=O)COc3cc(-c4cccc(-c5cccc(-c6ccc7c(c6)OCC(=O)N7CCN6CCC(C(=O)O)C6)c5Cl)c4Cl)ccc32)C1. The lowest BCUT2D eigenvalue weighted by molar-refractivity contribution is -0.141. The van der Waals surface area contributed by atoms with Gasteiger partial charge in [0.15, 0.2) is 13.2 Å². The van der Waals surface area contributed by atoms with E-state index in [-0.39, 0.29) is 37.0 Å². The first kappa shape index (κ1) is 38.5. The smallest absolute Gasteiger partial charge is 0.404 e. The van der Waals surface area contributed by atoms with Crippen molar-refractivity contribution in [1.29, 1.82) is 0 Å². The van der Waals surface area contributed by atoms with Crippen molar-refractivity contribution < 1.29 is 38.9 Å². The third kappa shape index (κ3) is 7.97. The Bertz CT molecular complexity index is 2250. The van der Waals surface area contributed by atoms with E-state index in [0.29, 0.717) is 85.2 Å². The van der Waals surface area contributed by atoms with Gasteiger partial charge in [-0.25, -0.2) is 4.79 Å². The summed E-state index contributed by atoms with van der Waals surface area (Å²) in [6.07, 6.45) is 0.299. The van der Waals surface area contributed by atoms with Gasteiger partial charge in [-0.05, 0) is 54.8 Å². The number of amides is 3. The van der Waals surface area contributed by atoms with Crippen LogP contribution in [0.3, 0.4) is 0 Å². The van der Waals surface area contributed by atoms with Crippen LogP contribution in [0.15, 0.2) is 72.8 Å². The normalized spacial score (nSPS) is 19.5. The summed E-state index contributed by atoms with van der Waals surface area (Å²) in [5.41, 5.74) is 5.92. The molecule has 0 radical (unpaired) electrons. The molecule has 0 aromatic heterocycles. The third-order valence-corrected chi connectivity index (χ3v) is 12.0. The molecule has 4 aliphatic heterocycles. The van der Waals surface area contributed by atoms with Crippen molar-refractivity contribution in [2.24, 2.45) is 5.92 Å². The second kappa shape index (κ2) is 16.3. The molecule has 0 saturated carbocycles. The molecular formula is C42H41Cl2N5O8. The average molecular weight is 815 g/mol. The van der Waals surface area contributed by atoms with E-state index in [1.807, 2.05) is 72.8 Å². The molecule has 2 unspecified atom stereocenters. The maximum absolute atomic E-state index is 13.0. The molecule has 15 heteroatoms. The standard InChI is InChI=1S/C42H41Cl2N5O8/c43-39-29(25-7-9-33-35(19-25)56-23-37(50)48(33)17-15-46-13-11-27(21-46)41(52)53)3-1-5-31(39)32-6-2-4-30(40(32)44)26-8-10-34-36(20-26)57-24-38(51)49(34)18-16-47-14-12-28(22-47)45-42(54)55/h1-10,19-20,27-28,45H,11-18,21-24H2,(H,52,53)(H,54,55). The number of benzene rings is 4. The highest BCUT2D eigenvalue weighted by molar-refractivity contribution is 6.39. The van der Waals surface area contributed by atoms with Crippen LogP contribution in [0.2, 0.25) is 10.0 Å². The fourth-order valence-corrected chi connectivity index (χ4v) is 8.88. The predicted molar refractivity (Wildman–Crippen MR) is 217 cm³/mol. The van der Waals surface area contributed by atoms with Gasteiger partial charge in [-0.1, -0.05) is 71.7 Å². The van der Waals surface area contributed by atoms with Gasteiger partial charge in [-0.15, -0.1) is 0 Å². The predicted octanol–water partition coefficient (Wildman–Crippen LogP) is 6.19. The van der Waals surface area contributed by atoms with Crippen LogP contribution in [0.4, 0.5) is 16.2 Å². The summed E-state index contributed by atoms with van der Waals surface area (Å²) in [6.45, 7) is 4.36. The van der Waals surface area contributed by atoms with Gasteiger partial charge >= 0.3 is 12.1 Å². The summed E-state index contributed by atoms with van der Waals surface area (Å²) in [6, 6.07) is 22.7. The van der Waals surface area contributed by atoms with Crippen LogP contribution in [-0.2, 0) is 14.4 Å². The third-order valence-electron chi connectivity index (χ3n) is 11.2. The van der Waals surface area contributed by atoms with Crippen molar-refractivity contribution >= 4 is 58.5 Å². The van der Waals surface area contributed by atoms with Crippen LogP contribution < -0.4 is 24.6 Å². The van der Waals surface area contributed by atoms with Crippen molar-refractivity contribution in [2.75, 3.05) is 75.4 Å². The number of rotatable bonds is 11. The number of hydrogen-bond donors (Lipinski definition) is 3. The van der Waals surface area contributed by atoms with Crippen LogP contribution >= 0.6 is 23.2 Å². The number of carboxylic acid groups (broad SMARTS) is 2. The molecule has 0 spiro atoms.